The first kappa shape index (κ1) is 13.5. The van der Waals surface area contributed by atoms with Gasteiger partial charge in [0.1, 0.15) is 0 Å². The van der Waals surface area contributed by atoms with Gasteiger partial charge in [-0.1, -0.05) is 12.5 Å². The minimum atomic E-state index is -0.854. The first-order valence-electron chi connectivity index (χ1n) is 5.27. The summed E-state index contributed by atoms with van der Waals surface area (Å²) in [7, 11) is 0. The summed E-state index contributed by atoms with van der Waals surface area (Å²) >= 11 is 3.60. The number of thiophene rings is 1. The standard InChI is InChI=1S/C11H18N2OS2/c1-11(13,10(12)14)6-2-3-7-15-9-5-4-8-16-9/h4-5,8H,2-3,6-7,13H2,1H3,(H2,12,14). The van der Waals surface area contributed by atoms with E-state index in [0.29, 0.717) is 6.42 Å². The summed E-state index contributed by atoms with van der Waals surface area (Å²) in [5.74, 6) is 0.647. The molecule has 1 aromatic heterocycles. The highest BCUT2D eigenvalue weighted by Gasteiger charge is 2.24. The summed E-state index contributed by atoms with van der Waals surface area (Å²) in [6.07, 6.45) is 2.66. The molecule has 4 N–H and O–H groups in total. The molecule has 0 aliphatic rings. The summed E-state index contributed by atoms with van der Waals surface area (Å²) in [6.45, 7) is 1.70. The van der Waals surface area contributed by atoms with Gasteiger partial charge in [-0.3, -0.25) is 4.79 Å². The van der Waals surface area contributed by atoms with Crippen LogP contribution in [-0.4, -0.2) is 17.2 Å². The van der Waals surface area contributed by atoms with Gasteiger partial charge in [-0.25, -0.2) is 0 Å². The molecule has 1 aromatic rings. The fourth-order valence-corrected chi connectivity index (χ4v) is 3.10. The maximum atomic E-state index is 11.0. The number of unbranched alkanes of at least 4 members (excludes halogenated alkanes) is 1. The predicted octanol–water partition coefficient (Wildman–Crippen LogP) is 2.21. The van der Waals surface area contributed by atoms with Crippen LogP contribution in [0.1, 0.15) is 26.2 Å². The number of rotatable bonds is 7. The molecule has 0 aliphatic carbocycles. The normalized spacial score (nSPS) is 14.6. The summed E-state index contributed by atoms with van der Waals surface area (Å²) in [6, 6.07) is 4.17. The molecule has 1 atom stereocenters. The Balaban J connectivity index is 2.10. The van der Waals surface area contributed by atoms with E-state index in [4.69, 9.17) is 11.5 Å². The number of carbonyl (C=O) groups excluding carboxylic acids is 1. The number of carbonyl (C=O) groups is 1. The quantitative estimate of drug-likeness (QED) is 0.582. The van der Waals surface area contributed by atoms with Crippen molar-refractivity contribution in [1.29, 1.82) is 0 Å². The monoisotopic (exact) mass is 258 g/mol. The second-order valence-corrected chi connectivity index (χ2v) is 6.36. The molecule has 1 amide bonds. The highest BCUT2D eigenvalue weighted by atomic mass is 32.2. The molecule has 0 saturated carbocycles. The molecule has 0 radical (unpaired) electrons. The summed E-state index contributed by atoms with van der Waals surface area (Å²) < 4.78 is 1.34. The Hall–Kier alpha value is -0.520. The van der Waals surface area contributed by atoms with Crippen molar-refractivity contribution in [3.63, 3.8) is 0 Å². The van der Waals surface area contributed by atoms with Gasteiger partial charge in [0.25, 0.3) is 0 Å². The zero-order valence-corrected chi connectivity index (χ0v) is 11.1. The largest absolute Gasteiger partial charge is 0.368 e. The number of nitrogens with two attached hydrogens (primary N) is 2. The Bertz CT molecular complexity index is 323. The van der Waals surface area contributed by atoms with E-state index in [0.717, 1.165) is 18.6 Å². The van der Waals surface area contributed by atoms with Gasteiger partial charge in [-0.05, 0) is 37.0 Å². The molecular formula is C11H18N2OS2. The van der Waals surface area contributed by atoms with Crippen molar-refractivity contribution in [3.8, 4) is 0 Å². The molecule has 0 bridgehead atoms. The number of primary amides is 1. The van der Waals surface area contributed by atoms with Crippen LogP contribution in [0.25, 0.3) is 0 Å². The van der Waals surface area contributed by atoms with E-state index in [9.17, 15) is 4.79 Å². The van der Waals surface area contributed by atoms with Gasteiger partial charge in [-0.15, -0.1) is 23.1 Å². The van der Waals surface area contributed by atoms with Crippen molar-refractivity contribution in [2.75, 3.05) is 5.75 Å². The van der Waals surface area contributed by atoms with E-state index in [-0.39, 0.29) is 0 Å². The molecule has 0 spiro atoms. The van der Waals surface area contributed by atoms with Crippen LogP contribution in [0.2, 0.25) is 0 Å². The third-order valence-corrected chi connectivity index (χ3v) is 4.61. The molecule has 1 rings (SSSR count). The van der Waals surface area contributed by atoms with Crippen LogP contribution in [0.5, 0.6) is 0 Å². The third kappa shape index (κ3) is 4.55. The first-order valence-corrected chi connectivity index (χ1v) is 7.14. The van der Waals surface area contributed by atoms with Crippen LogP contribution in [0.3, 0.4) is 0 Å². The van der Waals surface area contributed by atoms with Gasteiger partial charge < -0.3 is 11.5 Å². The summed E-state index contributed by atoms with van der Waals surface area (Å²) in [5, 5.41) is 2.08. The molecule has 1 heterocycles. The van der Waals surface area contributed by atoms with Gasteiger partial charge in [0.2, 0.25) is 5.91 Å². The van der Waals surface area contributed by atoms with Gasteiger partial charge >= 0.3 is 0 Å². The van der Waals surface area contributed by atoms with Crippen molar-refractivity contribution in [2.45, 2.75) is 35.9 Å². The maximum absolute atomic E-state index is 11.0. The van der Waals surface area contributed by atoms with E-state index >= 15 is 0 Å². The zero-order chi connectivity index (χ0) is 12.0. The fraction of sp³-hybridized carbons (Fsp3) is 0.545. The topological polar surface area (TPSA) is 69.1 Å². The van der Waals surface area contributed by atoms with Crippen molar-refractivity contribution in [3.05, 3.63) is 17.5 Å². The average molecular weight is 258 g/mol. The smallest absolute Gasteiger partial charge is 0.237 e. The van der Waals surface area contributed by atoms with Crippen molar-refractivity contribution in [1.82, 2.24) is 0 Å². The molecule has 16 heavy (non-hydrogen) atoms. The second-order valence-electron chi connectivity index (χ2n) is 4.02. The Labute approximate surface area is 105 Å². The van der Waals surface area contributed by atoms with E-state index in [1.807, 2.05) is 11.8 Å². The summed E-state index contributed by atoms with van der Waals surface area (Å²) in [5.41, 5.74) is 10.1. The molecule has 0 fully saturated rings. The number of hydrogen-bond acceptors (Lipinski definition) is 4. The second kappa shape index (κ2) is 6.27. The van der Waals surface area contributed by atoms with Gasteiger partial charge in [-0.2, -0.15) is 0 Å². The van der Waals surface area contributed by atoms with Crippen LogP contribution in [0.15, 0.2) is 21.7 Å². The minimum Gasteiger partial charge on any atom is -0.368 e. The van der Waals surface area contributed by atoms with E-state index in [1.54, 1.807) is 18.3 Å². The molecule has 90 valence electrons. The molecular weight excluding hydrogens is 240 g/mol. The minimum absolute atomic E-state index is 0.418. The molecule has 0 aliphatic heterocycles. The lowest BCUT2D eigenvalue weighted by Gasteiger charge is -2.19. The highest BCUT2D eigenvalue weighted by Crippen LogP contribution is 2.24. The molecule has 0 aromatic carbocycles. The average Bonchev–Trinajstić information content (AvgIpc) is 2.69. The Morgan fingerprint density at radius 1 is 1.56 bits per heavy atom. The van der Waals surface area contributed by atoms with Crippen LogP contribution in [0.4, 0.5) is 0 Å². The van der Waals surface area contributed by atoms with Crippen LogP contribution in [0, 0.1) is 0 Å². The van der Waals surface area contributed by atoms with Crippen LogP contribution in [-0.2, 0) is 4.79 Å². The van der Waals surface area contributed by atoms with Crippen molar-refractivity contribution >= 4 is 29.0 Å². The third-order valence-electron chi connectivity index (χ3n) is 2.39. The van der Waals surface area contributed by atoms with Crippen LogP contribution >= 0.6 is 23.1 Å². The van der Waals surface area contributed by atoms with Crippen molar-refractivity contribution in [2.24, 2.45) is 11.5 Å². The van der Waals surface area contributed by atoms with Gasteiger partial charge in [0.15, 0.2) is 0 Å². The van der Waals surface area contributed by atoms with Gasteiger partial charge in [0, 0.05) is 0 Å². The number of hydrogen-bond donors (Lipinski definition) is 2. The lowest BCUT2D eigenvalue weighted by Crippen LogP contribution is -2.49. The van der Waals surface area contributed by atoms with Gasteiger partial charge in [0.05, 0.1) is 9.75 Å². The molecule has 0 saturated heterocycles. The SMILES string of the molecule is CC(N)(CCCCSc1cccs1)C(N)=O. The highest BCUT2D eigenvalue weighted by molar-refractivity contribution is 8.01. The number of thioether (sulfide) groups is 1. The van der Waals surface area contributed by atoms with E-state index < -0.39 is 11.4 Å². The Morgan fingerprint density at radius 3 is 2.88 bits per heavy atom. The van der Waals surface area contributed by atoms with Crippen LogP contribution < -0.4 is 11.5 Å². The molecule has 3 nitrogen and oxygen atoms in total. The summed E-state index contributed by atoms with van der Waals surface area (Å²) in [4.78, 5) is 11.0. The zero-order valence-electron chi connectivity index (χ0n) is 9.44. The van der Waals surface area contributed by atoms with E-state index in [2.05, 4.69) is 17.5 Å². The number of amides is 1. The Kier molecular flexibility index (Phi) is 5.31. The fourth-order valence-electron chi connectivity index (χ4n) is 1.24. The predicted molar refractivity (Wildman–Crippen MR) is 70.7 cm³/mol. The Morgan fingerprint density at radius 2 is 2.31 bits per heavy atom. The van der Waals surface area contributed by atoms with Crippen molar-refractivity contribution < 1.29 is 4.79 Å². The first-order chi connectivity index (χ1) is 7.52. The molecule has 1 unspecified atom stereocenters. The lowest BCUT2D eigenvalue weighted by molar-refractivity contribution is -0.122. The maximum Gasteiger partial charge on any atom is 0.237 e. The molecule has 5 heteroatoms. The lowest BCUT2D eigenvalue weighted by atomic mass is 9.96. The van der Waals surface area contributed by atoms with E-state index in [1.165, 1.54) is 4.21 Å².